The van der Waals surface area contributed by atoms with Crippen LogP contribution in [0.15, 0.2) is 303 Å². The maximum atomic E-state index is 2.49. The summed E-state index contributed by atoms with van der Waals surface area (Å²) < 4.78 is 0. The number of rotatable bonds is 10. The maximum Gasteiger partial charge on any atom is 0.0547 e. The predicted octanol–water partition coefficient (Wildman–Crippen LogP) is 21.1. The highest BCUT2D eigenvalue weighted by molar-refractivity contribution is 6.11. The lowest BCUT2D eigenvalue weighted by Gasteiger charge is -2.32. The summed E-state index contributed by atoms with van der Waals surface area (Å²) in [5, 5.41) is 11.9. The zero-order chi connectivity index (χ0) is 50.4. The van der Waals surface area contributed by atoms with Gasteiger partial charge in [0.05, 0.1) is 22.7 Å². The summed E-state index contributed by atoms with van der Waals surface area (Å²) in [5.74, 6) is 0. The van der Waals surface area contributed by atoms with Crippen molar-refractivity contribution in [3.05, 3.63) is 303 Å². The van der Waals surface area contributed by atoms with Gasteiger partial charge in [-0.1, -0.05) is 231 Å². The molecule has 14 aromatic rings. The van der Waals surface area contributed by atoms with Crippen LogP contribution in [0.1, 0.15) is 0 Å². The fourth-order valence-corrected chi connectivity index (χ4v) is 11.4. The topological polar surface area (TPSA) is 6.48 Å². The third-order valence-electron chi connectivity index (χ3n) is 15.2. The summed E-state index contributed by atoms with van der Waals surface area (Å²) in [7, 11) is 0. The van der Waals surface area contributed by atoms with Crippen molar-refractivity contribution in [2.45, 2.75) is 0 Å². The molecule has 0 aliphatic carbocycles. The van der Waals surface area contributed by atoms with Crippen molar-refractivity contribution in [2.75, 3.05) is 9.80 Å². The van der Waals surface area contributed by atoms with Crippen molar-refractivity contribution in [3.8, 4) is 44.5 Å². The van der Waals surface area contributed by atoms with Crippen LogP contribution in [0.25, 0.3) is 98.4 Å². The number of hydrogen-bond acceptors (Lipinski definition) is 2. The van der Waals surface area contributed by atoms with E-state index in [1.54, 1.807) is 0 Å². The molecule has 0 atom stereocenters. The summed E-state index contributed by atoms with van der Waals surface area (Å²) >= 11 is 0. The second-order valence-electron chi connectivity index (χ2n) is 19.7. The minimum Gasteiger partial charge on any atom is -0.309 e. The van der Waals surface area contributed by atoms with E-state index < -0.39 is 0 Å². The number of nitrogens with zero attached hydrogens (tertiary/aromatic N) is 2. The lowest BCUT2D eigenvalue weighted by molar-refractivity contribution is 1.29. The van der Waals surface area contributed by atoms with E-state index in [2.05, 4.69) is 313 Å². The Morgan fingerprint density at radius 3 is 1.09 bits per heavy atom. The molecular weight excluding hydrogens is 917 g/mol. The summed E-state index contributed by atoms with van der Waals surface area (Å²) in [6.45, 7) is 0. The second-order valence-corrected chi connectivity index (χ2v) is 19.7. The largest absolute Gasteiger partial charge is 0.309 e. The summed E-state index contributed by atoms with van der Waals surface area (Å²) in [6, 6.07) is 111. The van der Waals surface area contributed by atoms with Gasteiger partial charge in [0.2, 0.25) is 0 Å². The van der Waals surface area contributed by atoms with Crippen LogP contribution in [0, 0.1) is 0 Å². The van der Waals surface area contributed by atoms with E-state index in [0.717, 1.165) is 67.2 Å². The fourth-order valence-electron chi connectivity index (χ4n) is 11.4. The molecule has 0 aliphatic rings. The molecule has 0 spiro atoms. The lowest BCUT2D eigenvalue weighted by atomic mass is 9.92. The quantitative estimate of drug-likeness (QED) is 0.135. The SMILES string of the molecule is c1ccc(-c2cc(N(c3ccc(-c4ccc5ccccc5c4)cc3)c3cccc4ccccc34)c3cc(N(c4ccc(-c5ccc6ccccc6c5)cc4)c4cccc5ccccc45)c(-c4ccccc4)cc3c2)cc1. The molecule has 0 bridgehead atoms. The first-order valence-electron chi connectivity index (χ1n) is 26.1. The first kappa shape index (κ1) is 44.7. The second kappa shape index (κ2) is 19.1. The minimum atomic E-state index is 1.06. The standard InChI is InChI=1S/C74H50N2/c1-3-17-51(18-4-1)63-47-64-48-69(58-21-5-2-6-22-58)74(76(72-32-16-28-57-24-12-14-30-68(57)72)66-43-39-55(40-44-66)62-36-34-53-20-8-10-26-60(53)46-62)50-70(64)73(49-63)75(71-31-15-27-56-23-11-13-29-67(56)71)65-41-37-54(38-42-65)61-35-33-52-19-7-9-25-59(52)45-61/h1-50H. The summed E-state index contributed by atoms with van der Waals surface area (Å²) in [4.78, 5) is 4.98. The molecule has 0 N–H and O–H groups in total. The number of hydrogen-bond donors (Lipinski definition) is 0. The summed E-state index contributed by atoms with van der Waals surface area (Å²) in [6.07, 6.45) is 0. The minimum absolute atomic E-state index is 1.06. The van der Waals surface area contributed by atoms with Crippen LogP contribution in [0.5, 0.6) is 0 Å². The van der Waals surface area contributed by atoms with Gasteiger partial charge in [0.1, 0.15) is 0 Å². The van der Waals surface area contributed by atoms with Gasteiger partial charge in [0.15, 0.2) is 0 Å². The highest BCUT2D eigenvalue weighted by Crippen LogP contribution is 2.50. The maximum absolute atomic E-state index is 2.49. The molecule has 14 aromatic carbocycles. The Kier molecular flexibility index (Phi) is 11.2. The Balaban J connectivity index is 1.04. The third kappa shape index (κ3) is 8.19. The zero-order valence-corrected chi connectivity index (χ0v) is 41.8. The van der Waals surface area contributed by atoms with Gasteiger partial charge in [0.25, 0.3) is 0 Å². The van der Waals surface area contributed by atoms with Crippen LogP contribution in [-0.4, -0.2) is 0 Å². The van der Waals surface area contributed by atoms with E-state index in [1.807, 2.05) is 0 Å². The van der Waals surface area contributed by atoms with Gasteiger partial charge in [-0.05, 0) is 149 Å². The van der Waals surface area contributed by atoms with E-state index >= 15 is 0 Å². The van der Waals surface area contributed by atoms with E-state index in [0.29, 0.717) is 0 Å². The smallest absolute Gasteiger partial charge is 0.0547 e. The van der Waals surface area contributed by atoms with Gasteiger partial charge in [-0.3, -0.25) is 0 Å². The van der Waals surface area contributed by atoms with E-state index in [4.69, 9.17) is 0 Å². The van der Waals surface area contributed by atoms with Gasteiger partial charge in [-0.15, -0.1) is 0 Å². The van der Waals surface area contributed by atoms with Crippen molar-refractivity contribution in [3.63, 3.8) is 0 Å². The molecular formula is C74H50N2. The molecule has 0 heterocycles. The van der Waals surface area contributed by atoms with Crippen molar-refractivity contribution >= 4 is 88.0 Å². The van der Waals surface area contributed by atoms with Crippen molar-refractivity contribution in [1.82, 2.24) is 0 Å². The van der Waals surface area contributed by atoms with E-state index in [-0.39, 0.29) is 0 Å². The molecule has 0 amide bonds. The van der Waals surface area contributed by atoms with E-state index in [1.165, 1.54) is 65.3 Å². The molecule has 0 aliphatic heterocycles. The van der Waals surface area contributed by atoms with E-state index in [9.17, 15) is 0 Å². The Morgan fingerprint density at radius 2 is 0.566 bits per heavy atom. The van der Waals surface area contributed by atoms with Crippen LogP contribution in [-0.2, 0) is 0 Å². The van der Waals surface area contributed by atoms with Gasteiger partial charge in [0, 0.05) is 33.1 Å². The Morgan fingerprint density at radius 1 is 0.171 bits per heavy atom. The van der Waals surface area contributed by atoms with Crippen LogP contribution in [0.3, 0.4) is 0 Å². The Hall–Kier alpha value is -10.0. The molecule has 0 unspecified atom stereocenters. The molecule has 0 saturated heterocycles. The molecule has 76 heavy (non-hydrogen) atoms. The van der Waals surface area contributed by atoms with Crippen LogP contribution in [0.2, 0.25) is 0 Å². The first-order chi connectivity index (χ1) is 37.7. The van der Waals surface area contributed by atoms with Gasteiger partial charge < -0.3 is 9.80 Å². The van der Waals surface area contributed by atoms with Crippen molar-refractivity contribution < 1.29 is 0 Å². The van der Waals surface area contributed by atoms with Crippen molar-refractivity contribution in [1.29, 1.82) is 0 Å². The van der Waals surface area contributed by atoms with Crippen LogP contribution < -0.4 is 9.80 Å². The molecule has 14 rings (SSSR count). The molecule has 0 radical (unpaired) electrons. The molecule has 0 fully saturated rings. The lowest BCUT2D eigenvalue weighted by Crippen LogP contribution is -2.14. The average molecular weight is 967 g/mol. The zero-order valence-electron chi connectivity index (χ0n) is 41.8. The molecule has 0 aromatic heterocycles. The van der Waals surface area contributed by atoms with Gasteiger partial charge in [-0.25, -0.2) is 0 Å². The number of benzene rings is 14. The predicted molar refractivity (Wildman–Crippen MR) is 325 cm³/mol. The Bertz CT molecular complexity index is 4440. The number of anilines is 6. The van der Waals surface area contributed by atoms with Gasteiger partial charge >= 0.3 is 0 Å². The molecule has 0 saturated carbocycles. The third-order valence-corrected chi connectivity index (χ3v) is 15.2. The normalized spacial score (nSPS) is 11.4. The Labute approximate surface area is 443 Å². The number of fused-ring (bicyclic) bond motifs is 5. The van der Waals surface area contributed by atoms with Crippen molar-refractivity contribution in [2.24, 2.45) is 0 Å². The van der Waals surface area contributed by atoms with Crippen LogP contribution >= 0.6 is 0 Å². The molecule has 2 heteroatoms. The first-order valence-corrected chi connectivity index (χ1v) is 26.1. The average Bonchev–Trinajstić information content (AvgIpc) is 3.54. The van der Waals surface area contributed by atoms with Crippen LogP contribution in [0.4, 0.5) is 34.1 Å². The molecule has 356 valence electrons. The highest BCUT2D eigenvalue weighted by atomic mass is 15.2. The monoisotopic (exact) mass is 966 g/mol. The fraction of sp³-hybridized carbons (Fsp3) is 0. The molecule has 2 nitrogen and oxygen atoms in total. The highest BCUT2D eigenvalue weighted by Gasteiger charge is 2.25. The summed E-state index contributed by atoms with van der Waals surface area (Å²) in [5.41, 5.74) is 15.8. The van der Waals surface area contributed by atoms with Gasteiger partial charge in [-0.2, -0.15) is 0 Å².